The molecule has 3 aromatic rings. The van der Waals surface area contributed by atoms with Gasteiger partial charge < -0.3 is 15.5 Å². The summed E-state index contributed by atoms with van der Waals surface area (Å²) in [6, 6.07) is 17.3. The average Bonchev–Trinajstić information content (AvgIpc) is 3.30. The zero-order valence-electron chi connectivity index (χ0n) is 16.3. The largest absolute Gasteiger partial charge is 0.352 e. The predicted octanol–water partition coefficient (Wildman–Crippen LogP) is 5.11. The van der Waals surface area contributed by atoms with Crippen LogP contribution in [-0.2, 0) is 4.79 Å². The third kappa shape index (κ3) is 4.64. The maximum Gasteiger partial charge on any atom is 0.226 e. The molecule has 1 amide bonds. The van der Waals surface area contributed by atoms with Crippen molar-refractivity contribution in [1.29, 1.82) is 0 Å². The summed E-state index contributed by atoms with van der Waals surface area (Å²) < 4.78 is 0.722. The molecule has 1 aliphatic rings. The van der Waals surface area contributed by atoms with E-state index >= 15 is 0 Å². The fraction of sp³-hybridized carbons (Fsp3) is 0.227. The van der Waals surface area contributed by atoms with Gasteiger partial charge in [-0.25, -0.2) is 0 Å². The second-order valence-electron chi connectivity index (χ2n) is 7.13. The van der Waals surface area contributed by atoms with E-state index < -0.39 is 0 Å². The van der Waals surface area contributed by atoms with Crippen LogP contribution in [0.3, 0.4) is 0 Å². The number of amides is 1. The van der Waals surface area contributed by atoms with Gasteiger partial charge in [0.2, 0.25) is 5.91 Å². The van der Waals surface area contributed by atoms with Crippen molar-refractivity contribution >= 4 is 51.9 Å². The number of pyridine rings is 1. The van der Waals surface area contributed by atoms with Crippen LogP contribution in [0, 0.1) is 6.92 Å². The van der Waals surface area contributed by atoms with Gasteiger partial charge in [0, 0.05) is 29.7 Å². The highest BCUT2D eigenvalue weighted by Crippen LogP contribution is 2.42. The molecule has 1 saturated heterocycles. The second kappa shape index (κ2) is 9.12. The zero-order valence-corrected chi connectivity index (χ0v) is 18.7. The molecule has 0 spiro atoms. The number of halogens is 1. The standard InChI is InChI=1S/C22H21ClN4OS2/c1-14-5-4-6-15(13-14)25-19(28)10-12-27-21(17-8-9-18(23)30-17)20(26-22(27)29)16-7-2-3-11-24-16/h2-9,11,13,20-21H,10,12H2,1H3,(H,25,28)(H,26,29)/t20-,21+/m0/s1. The van der Waals surface area contributed by atoms with Gasteiger partial charge in [0.1, 0.15) is 0 Å². The minimum atomic E-state index is -0.103. The molecular formula is C22H21ClN4OS2. The van der Waals surface area contributed by atoms with Gasteiger partial charge in [0.05, 0.1) is 22.1 Å². The summed E-state index contributed by atoms with van der Waals surface area (Å²) in [6.45, 7) is 2.49. The fourth-order valence-corrected chi connectivity index (χ4v) is 5.15. The summed E-state index contributed by atoms with van der Waals surface area (Å²) in [4.78, 5) is 20.2. The highest BCUT2D eigenvalue weighted by atomic mass is 35.5. The number of benzene rings is 1. The van der Waals surface area contributed by atoms with Crippen LogP contribution < -0.4 is 10.6 Å². The molecule has 0 radical (unpaired) electrons. The van der Waals surface area contributed by atoms with E-state index in [9.17, 15) is 4.79 Å². The SMILES string of the molecule is Cc1cccc(NC(=O)CCN2C(=S)N[C@@H](c3ccccn3)[C@H]2c2ccc(Cl)s2)c1. The van der Waals surface area contributed by atoms with E-state index in [1.807, 2.05) is 61.5 Å². The van der Waals surface area contributed by atoms with E-state index in [1.54, 1.807) is 6.20 Å². The molecule has 8 heteroatoms. The summed E-state index contributed by atoms with van der Waals surface area (Å²) >= 11 is 13.4. The van der Waals surface area contributed by atoms with Crippen molar-refractivity contribution in [2.45, 2.75) is 25.4 Å². The molecule has 1 fully saturated rings. The van der Waals surface area contributed by atoms with Crippen molar-refractivity contribution in [3.63, 3.8) is 0 Å². The Hall–Kier alpha value is -2.48. The quantitative estimate of drug-likeness (QED) is 0.505. The Labute approximate surface area is 190 Å². The monoisotopic (exact) mass is 456 g/mol. The molecular weight excluding hydrogens is 436 g/mol. The number of anilines is 1. The number of hydrogen-bond acceptors (Lipinski definition) is 4. The van der Waals surface area contributed by atoms with Crippen molar-refractivity contribution in [3.05, 3.63) is 81.3 Å². The minimum absolute atomic E-state index is 0.0485. The lowest BCUT2D eigenvalue weighted by molar-refractivity contribution is -0.116. The number of nitrogens with one attached hydrogen (secondary N) is 2. The van der Waals surface area contributed by atoms with Gasteiger partial charge >= 0.3 is 0 Å². The molecule has 2 N–H and O–H groups in total. The van der Waals surface area contributed by atoms with Crippen molar-refractivity contribution < 1.29 is 4.79 Å². The first kappa shape index (κ1) is 20.8. The van der Waals surface area contributed by atoms with Crippen LogP contribution in [0.5, 0.6) is 0 Å². The first-order chi connectivity index (χ1) is 14.5. The number of thiophene rings is 1. The highest BCUT2D eigenvalue weighted by Gasteiger charge is 2.40. The number of carbonyl (C=O) groups excluding carboxylic acids is 1. The Kier molecular flexibility index (Phi) is 6.32. The van der Waals surface area contributed by atoms with Crippen molar-refractivity contribution in [3.8, 4) is 0 Å². The number of carbonyl (C=O) groups is 1. The summed E-state index contributed by atoms with van der Waals surface area (Å²) in [6.07, 6.45) is 2.09. The molecule has 0 bridgehead atoms. The molecule has 5 nitrogen and oxygen atoms in total. The molecule has 2 atom stereocenters. The van der Waals surface area contributed by atoms with Crippen molar-refractivity contribution in [1.82, 2.24) is 15.2 Å². The van der Waals surface area contributed by atoms with Crippen molar-refractivity contribution in [2.75, 3.05) is 11.9 Å². The predicted molar refractivity (Wildman–Crippen MR) is 126 cm³/mol. The number of aromatic nitrogens is 1. The maximum absolute atomic E-state index is 12.6. The third-order valence-corrected chi connectivity index (χ3v) is 6.62. The number of hydrogen-bond donors (Lipinski definition) is 2. The van der Waals surface area contributed by atoms with Crippen LogP contribution in [0.15, 0.2) is 60.8 Å². The molecule has 30 heavy (non-hydrogen) atoms. The Morgan fingerprint density at radius 3 is 2.83 bits per heavy atom. The maximum atomic E-state index is 12.6. The molecule has 0 aliphatic carbocycles. The van der Waals surface area contributed by atoms with E-state index in [0.717, 1.165) is 26.2 Å². The highest BCUT2D eigenvalue weighted by molar-refractivity contribution is 7.80. The Morgan fingerprint density at radius 2 is 2.13 bits per heavy atom. The number of aryl methyl sites for hydroxylation is 1. The van der Waals surface area contributed by atoms with Crippen LogP contribution in [0.2, 0.25) is 4.34 Å². The molecule has 154 valence electrons. The fourth-order valence-electron chi connectivity index (χ4n) is 3.61. The lowest BCUT2D eigenvalue weighted by Gasteiger charge is -2.26. The van der Waals surface area contributed by atoms with Gasteiger partial charge in [0.25, 0.3) is 0 Å². The molecule has 1 aromatic carbocycles. The van der Waals surface area contributed by atoms with Crippen LogP contribution in [0.1, 0.15) is 34.6 Å². The minimum Gasteiger partial charge on any atom is -0.352 e. The second-order valence-corrected chi connectivity index (χ2v) is 9.26. The zero-order chi connectivity index (χ0) is 21.1. The first-order valence-corrected chi connectivity index (χ1v) is 11.2. The van der Waals surface area contributed by atoms with Gasteiger partial charge in [0.15, 0.2) is 5.11 Å². The third-order valence-electron chi connectivity index (χ3n) is 4.96. The van der Waals surface area contributed by atoms with Crippen molar-refractivity contribution in [2.24, 2.45) is 0 Å². The first-order valence-electron chi connectivity index (χ1n) is 9.61. The topological polar surface area (TPSA) is 57.3 Å². The van der Waals surface area contributed by atoms with E-state index in [-0.39, 0.29) is 18.0 Å². The van der Waals surface area contributed by atoms with E-state index in [0.29, 0.717) is 18.1 Å². The molecule has 0 saturated carbocycles. The molecule has 3 heterocycles. The van der Waals surface area contributed by atoms with Gasteiger partial charge in [-0.2, -0.15) is 0 Å². The van der Waals surface area contributed by atoms with Crippen LogP contribution in [-0.4, -0.2) is 27.4 Å². The summed E-state index contributed by atoms with van der Waals surface area (Å²) in [7, 11) is 0. The van der Waals surface area contributed by atoms with Gasteiger partial charge in [-0.15, -0.1) is 11.3 Å². The Morgan fingerprint density at radius 1 is 1.27 bits per heavy atom. The summed E-state index contributed by atoms with van der Waals surface area (Å²) in [5, 5.41) is 6.96. The van der Waals surface area contributed by atoms with Crippen LogP contribution in [0.25, 0.3) is 0 Å². The van der Waals surface area contributed by atoms with Crippen LogP contribution in [0.4, 0.5) is 5.69 Å². The van der Waals surface area contributed by atoms with E-state index in [4.69, 9.17) is 23.8 Å². The lowest BCUT2D eigenvalue weighted by atomic mass is 10.0. The van der Waals surface area contributed by atoms with Gasteiger partial charge in [-0.1, -0.05) is 29.8 Å². The number of thiocarbonyl (C=S) groups is 1. The summed E-state index contributed by atoms with van der Waals surface area (Å²) in [5.74, 6) is -0.0485. The van der Waals surface area contributed by atoms with Gasteiger partial charge in [-0.05, 0) is 61.1 Å². The van der Waals surface area contributed by atoms with Crippen LogP contribution >= 0.6 is 35.2 Å². The normalized spacial score (nSPS) is 18.3. The number of nitrogens with zero attached hydrogens (tertiary/aromatic N) is 2. The lowest BCUT2D eigenvalue weighted by Crippen LogP contribution is -2.32. The Bertz CT molecular complexity index is 1060. The molecule has 0 unspecified atom stereocenters. The summed E-state index contributed by atoms with van der Waals surface area (Å²) in [5.41, 5.74) is 2.81. The molecule has 2 aromatic heterocycles. The molecule has 1 aliphatic heterocycles. The Balaban J connectivity index is 1.51. The smallest absolute Gasteiger partial charge is 0.226 e. The van der Waals surface area contributed by atoms with E-state index in [2.05, 4.69) is 20.5 Å². The average molecular weight is 457 g/mol. The number of rotatable bonds is 6. The van der Waals surface area contributed by atoms with E-state index in [1.165, 1.54) is 11.3 Å². The van der Waals surface area contributed by atoms with Gasteiger partial charge in [-0.3, -0.25) is 9.78 Å². The molecule has 4 rings (SSSR count).